The maximum atomic E-state index is 6.08. The molecule has 5 heteroatoms. The van der Waals surface area contributed by atoms with Crippen LogP contribution in [-0.4, -0.2) is 28.0 Å². The van der Waals surface area contributed by atoms with E-state index in [0.717, 1.165) is 31.7 Å². The van der Waals surface area contributed by atoms with Gasteiger partial charge in [-0.05, 0) is 31.4 Å². The second-order valence-corrected chi connectivity index (χ2v) is 4.61. The Labute approximate surface area is 94.6 Å². The van der Waals surface area contributed by atoms with Crippen LogP contribution in [0.25, 0.3) is 0 Å². The summed E-state index contributed by atoms with van der Waals surface area (Å²) in [6.07, 6.45) is 2.93. The van der Waals surface area contributed by atoms with Crippen molar-refractivity contribution >= 4 is 11.6 Å². The maximum absolute atomic E-state index is 6.08. The zero-order valence-electron chi connectivity index (χ0n) is 9.16. The van der Waals surface area contributed by atoms with Crippen LogP contribution in [0.3, 0.4) is 0 Å². The largest absolute Gasteiger partial charge is 0.379 e. The van der Waals surface area contributed by atoms with E-state index in [0.29, 0.717) is 11.9 Å². The molecule has 1 atom stereocenters. The van der Waals surface area contributed by atoms with E-state index in [1.165, 1.54) is 0 Å². The van der Waals surface area contributed by atoms with Gasteiger partial charge in [0.2, 0.25) is 5.28 Å². The molecule has 1 saturated heterocycles. The number of ether oxygens (including phenoxy) is 1. The highest BCUT2D eigenvalue weighted by Crippen LogP contribution is 2.31. The summed E-state index contributed by atoms with van der Waals surface area (Å²) < 4.78 is 7.47. The molecular formula is C10H16ClN3O. The Kier molecular flexibility index (Phi) is 2.98. The monoisotopic (exact) mass is 229 g/mol. The van der Waals surface area contributed by atoms with Gasteiger partial charge in [-0.2, -0.15) is 0 Å². The molecule has 1 aliphatic rings. The highest BCUT2D eigenvalue weighted by molar-refractivity contribution is 6.28. The van der Waals surface area contributed by atoms with Gasteiger partial charge in [-0.3, -0.25) is 4.57 Å². The number of hydrogen-bond donors (Lipinski definition) is 0. The number of aromatic nitrogens is 3. The molecule has 1 aliphatic heterocycles. The molecule has 84 valence electrons. The van der Waals surface area contributed by atoms with E-state index in [1.807, 2.05) is 4.57 Å². The second-order valence-electron chi connectivity index (χ2n) is 4.27. The molecule has 1 unspecified atom stereocenters. The molecule has 1 aromatic heterocycles. The van der Waals surface area contributed by atoms with E-state index in [2.05, 4.69) is 24.0 Å². The molecule has 4 nitrogen and oxygen atoms in total. The van der Waals surface area contributed by atoms with E-state index in [1.54, 1.807) is 0 Å². The molecule has 15 heavy (non-hydrogen) atoms. The van der Waals surface area contributed by atoms with Crippen LogP contribution in [0.1, 0.15) is 32.5 Å². The van der Waals surface area contributed by atoms with Crippen LogP contribution in [0.4, 0.5) is 0 Å². The lowest BCUT2D eigenvalue weighted by atomic mass is 10.0. The second kappa shape index (κ2) is 4.10. The van der Waals surface area contributed by atoms with Crippen molar-refractivity contribution in [3.05, 3.63) is 11.1 Å². The summed E-state index contributed by atoms with van der Waals surface area (Å²) in [7, 11) is 0. The summed E-state index contributed by atoms with van der Waals surface area (Å²) in [4.78, 5) is 0. The summed E-state index contributed by atoms with van der Waals surface area (Å²) in [6.45, 7) is 5.76. The van der Waals surface area contributed by atoms with Crippen LogP contribution in [0.2, 0.25) is 5.28 Å². The molecule has 0 spiro atoms. The predicted molar refractivity (Wildman–Crippen MR) is 58.1 cm³/mol. The molecule has 0 aromatic carbocycles. The average Bonchev–Trinajstić information content (AvgIpc) is 2.75. The Morgan fingerprint density at radius 2 is 2.33 bits per heavy atom. The Bertz CT molecular complexity index is 344. The summed E-state index contributed by atoms with van der Waals surface area (Å²) in [5, 5.41) is 8.55. The first-order valence-electron chi connectivity index (χ1n) is 5.35. The van der Waals surface area contributed by atoms with Crippen LogP contribution >= 0.6 is 11.6 Å². The summed E-state index contributed by atoms with van der Waals surface area (Å²) >= 11 is 6.08. The minimum Gasteiger partial charge on any atom is -0.379 e. The molecule has 2 heterocycles. The van der Waals surface area contributed by atoms with Crippen LogP contribution in [0.15, 0.2) is 0 Å². The van der Waals surface area contributed by atoms with Gasteiger partial charge in [-0.1, -0.05) is 6.92 Å². The Balaban J connectivity index is 2.36. The van der Waals surface area contributed by atoms with E-state index in [4.69, 9.17) is 16.3 Å². The van der Waals surface area contributed by atoms with Crippen molar-refractivity contribution in [1.82, 2.24) is 14.8 Å². The third kappa shape index (κ3) is 1.88. The Hall–Kier alpha value is -0.610. The van der Waals surface area contributed by atoms with Gasteiger partial charge in [0.25, 0.3) is 0 Å². The van der Waals surface area contributed by atoms with Crippen molar-refractivity contribution in [3.8, 4) is 0 Å². The molecule has 1 fully saturated rings. The van der Waals surface area contributed by atoms with Crippen molar-refractivity contribution in [3.63, 3.8) is 0 Å². The fourth-order valence-corrected chi connectivity index (χ4v) is 2.39. The fraction of sp³-hybridized carbons (Fsp3) is 0.800. The molecule has 0 aliphatic carbocycles. The topological polar surface area (TPSA) is 39.9 Å². The molecular weight excluding hydrogens is 214 g/mol. The Morgan fingerprint density at radius 1 is 1.53 bits per heavy atom. The number of hydrogen-bond acceptors (Lipinski definition) is 3. The van der Waals surface area contributed by atoms with E-state index in [9.17, 15) is 0 Å². The van der Waals surface area contributed by atoms with Crippen molar-refractivity contribution in [2.75, 3.05) is 13.2 Å². The van der Waals surface area contributed by atoms with Gasteiger partial charge >= 0.3 is 0 Å². The highest BCUT2D eigenvalue weighted by atomic mass is 35.5. The molecule has 0 saturated carbocycles. The van der Waals surface area contributed by atoms with Gasteiger partial charge in [0.05, 0.1) is 12.1 Å². The first kappa shape index (κ1) is 10.9. The number of rotatable bonds is 3. The third-order valence-corrected chi connectivity index (χ3v) is 3.15. The lowest BCUT2D eigenvalue weighted by molar-refractivity contribution is 0.160. The summed E-state index contributed by atoms with van der Waals surface area (Å²) in [5.41, 5.74) is -0.0644. The molecule has 0 N–H and O–H groups in total. The number of nitrogens with zero attached hydrogens (tertiary/aromatic N) is 3. The molecule has 0 radical (unpaired) electrons. The predicted octanol–water partition coefficient (Wildman–Crippen LogP) is 2.02. The van der Waals surface area contributed by atoms with Crippen LogP contribution in [0, 0.1) is 0 Å². The van der Waals surface area contributed by atoms with E-state index < -0.39 is 0 Å². The van der Waals surface area contributed by atoms with Gasteiger partial charge in [0, 0.05) is 13.0 Å². The summed E-state index contributed by atoms with van der Waals surface area (Å²) in [6, 6.07) is 0. The highest BCUT2D eigenvalue weighted by Gasteiger charge is 2.35. The fourth-order valence-electron chi connectivity index (χ4n) is 2.05. The number of aryl methyl sites for hydroxylation is 1. The third-order valence-electron chi connectivity index (χ3n) is 2.90. The standard InChI is InChI=1S/C10H16ClN3O/c1-3-4-8-12-13-9(11)14(8)10(2)5-6-15-7-10/h3-7H2,1-2H3. The van der Waals surface area contributed by atoms with Crippen LogP contribution in [0.5, 0.6) is 0 Å². The first-order valence-corrected chi connectivity index (χ1v) is 5.73. The molecule has 1 aromatic rings. The normalized spacial score (nSPS) is 26.1. The van der Waals surface area contributed by atoms with Crippen molar-refractivity contribution in [2.45, 2.75) is 38.6 Å². The average molecular weight is 230 g/mol. The van der Waals surface area contributed by atoms with Crippen LogP contribution in [-0.2, 0) is 16.7 Å². The van der Waals surface area contributed by atoms with Gasteiger partial charge in [0.15, 0.2) is 0 Å². The lowest BCUT2D eigenvalue weighted by Gasteiger charge is -2.25. The van der Waals surface area contributed by atoms with E-state index >= 15 is 0 Å². The van der Waals surface area contributed by atoms with Gasteiger partial charge in [-0.15, -0.1) is 10.2 Å². The van der Waals surface area contributed by atoms with Crippen molar-refractivity contribution < 1.29 is 4.74 Å². The molecule has 0 bridgehead atoms. The first-order chi connectivity index (χ1) is 7.17. The minimum absolute atomic E-state index is 0.0644. The quantitative estimate of drug-likeness (QED) is 0.796. The molecule has 2 rings (SSSR count). The zero-order chi connectivity index (χ0) is 10.9. The Morgan fingerprint density at radius 3 is 2.93 bits per heavy atom. The minimum atomic E-state index is -0.0644. The van der Waals surface area contributed by atoms with Gasteiger partial charge in [-0.25, -0.2) is 0 Å². The number of halogens is 1. The smallest absolute Gasteiger partial charge is 0.225 e. The molecule has 0 amide bonds. The summed E-state index contributed by atoms with van der Waals surface area (Å²) in [5.74, 6) is 0.968. The van der Waals surface area contributed by atoms with Crippen molar-refractivity contribution in [2.24, 2.45) is 0 Å². The lowest BCUT2D eigenvalue weighted by Crippen LogP contribution is -2.32. The van der Waals surface area contributed by atoms with Crippen LogP contribution < -0.4 is 0 Å². The van der Waals surface area contributed by atoms with E-state index in [-0.39, 0.29) is 5.54 Å². The van der Waals surface area contributed by atoms with Crippen molar-refractivity contribution in [1.29, 1.82) is 0 Å². The maximum Gasteiger partial charge on any atom is 0.225 e. The van der Waals surface area contributed by atoms with Gasteiger partial charge < -0.3 is 4.74 Å². The zero-order valence-corrected chi connectivity index (χ0v) is 9.92. The SMILES string of the molecule is CCCc1nnc(Cl)n1C1(C)CCOC1. The van der Waals surface area contributed by atoms with Gasteiger partial charge in [0.1, 0.15) is 5.82 Å².